The molecule has 0 radical (unpaired) electrons. The third-order valence-corrected chi connectivity index (χ3v) is 6.75. The van der Waals surface area contributed by atoms with Gasteiger partial charge in [-0.25, -0.2) is 4.79 Å². The minimum atomic E-state index is -0.622. The van der Waals surface area contributed by atoms with Crippen molar-refractivity contribution >= 4 is 23.0 Å². The van der Waals surface area contributed by atoms with Gasteiger partial charge >= 0.3 is 12.1 Å². The van der Waals surface area contributed by atoms with Crippen molar-refractivity contribution in [1.82, 2.24) is 9.47 Å². The summed E-state index contributed by atoms with van der Waals surface area (Å²) in [4.78, 5) is 27.3. The number of ether oxygens (including phenoxy) is 4. The number of carbonyl (C=O) groups excluding carboxylic acids is 2. The Morgan fingerprint density at radius 1 is 1.19 bits per heavy atom. The number of fused-ring (bicyclic) bond motifs is 1. The van der Waals surface area contributed by atoms with Crippen LogP contribution in [0.2, 0.25) is 0 Å². The van der Waals surface area contributed by atoms with Gasteiger partial charge in [0, 0.05) is 69.2 Å². The van der Waals surface area contributed by atoms with Crippen LogP contribution in [-0.2, 0) is 37.2 Å². The molecule has 1 aromatic carbocycles. The average molecular weight is 503 g/mol. The fraction of sp³-hybridized carbons (Fsp3) is 0.643. The summed E-state index contributed by atoms with van der Waals surface area (Å²) in [5.74, 6) is -0.409. The second-order valence-electron chi connectivity index (χ2n) is 10.5. The molecule has 1 aliphatic heterocycles. The number of hydrogen-bond acceptors (Lipinski definition) is 6. The zero-order chi connectivity index (χ0) is 26.5. The summed E-state index contributed by atoms with van der Waals surface area (Å²) in [5, 5.41) is 1.15. The average Bonchev–Trinajstić information content (AvgIpc) is 3.12. The highest BCUT2D eigenvalue weighted by Gasteiger charge is 2.41. The van der Waals surface area contributed by atoms with Crippen LogP contribution in [0.5, 0.6) is 0 Å². The molecule has 0 aliphatic carbocycles. The first-order chi connectivity index (χ1) is 17.0. The molecule has 1 fully saturated rings. The third kappa shape index (κ3) is 7.01. The molecule has 0 bridgehead atoms. The molecule has 1 aromatic heterocycles. The third-order valence-electron chi connectivity index (χ3n) is 6.75. The largest absolute Gasteiger partial charge is 0.465 e. The fourth-order valence-electron chi connectivity index (χ4n) is 5.09. The van der Waals surface area contributed by atoms with Gasteiger partial charge in [0.15, 0.2) is 6.29 Å². The molecule has 0 saturated carbocycles. The molecule has 200 valence electrons. The summed E-state index contributed by atoms with van der Waals surface area (Å²) in [6.45, 7) is 10.7. The number of esters is 1. The topological polar surface area (TPSA) is 79.2 Å². The van der Waals surface area contributed by atoms with Crippen molar-refractivity contribution in [2.75, 3.05) is 26.9 Å². The van der Waals surface area contributed by atoms with Crippen LogP contribution in [0.25, 0.3) is 10.9 Å². The van der Waals surface area contributed by atoms with E-state index in [4.69, 9.17) is 18.9 Å². The Morgan fingerprint density at radius 3 is 2.50 bits per heavy atom. The van der Waals surface area contributed by atoms with E-state index in [0.29, 0.717) is 26.1 Å². The Kier molecular flexibility index (Phi) is 9.41. The number of nitrogens with zero attached hydrogens (tertiary/aromatic N) is 2. The molecule has 0 unspecified atom stereocenters. The van der Waals surface area contributed by atoms with Crippen molar-refractivity contribution in [1.29, 1.82) is 0 Å². The molecule has 8 nitrogen and oxygen atoms in total. The van der Waals surface area contributed by atoms with Gasteiger partial charge in [-0.1, -0.05) is 18.2 Å². The summed E-state index contributed by atoms with van der Waals surface area (Å²) < 4.78 is 25.0. The molecule has 1 saturated heterocycles. The van der Waals surface area contributed by atoms with E-state index in [1.807, 2.05) is 53.8 Å². The number of likely N-dealkylation sites (N-methyl/N-ethyl adjacent to an activating group) is 1. The van der Waals surface area contributed by atoms with E-state index in [1.165, 1.54) is 0 Å². The fourth-order valence-corrected chi connectivity index (χ4v) is 5.09. The van der Waals surface area contributed by atoms with Crippen molar-refractivity contribution in [3.05, 3.63) is 36.0 Å². The van der Waals surface area contributed by atoms with E-state index in [0.717, 1.165) is 16.5 Å². The number of hydrogen-bond donors (Lipinski definition) is 0. The molecule has 3 rings (SSSR count). The van der Waals surface area contributed by atoms with Gasteiger partial charge in [0.25, 0.3) is 0 Å². The van der Waals surface area contributed by atoms with E-state index in [-0.39, 0.29) is 36.9 Å². The maximum absolute atomic E-state index is 13.2. The van der Waals surface area contributed by atoms with Crippen molar-refractivity contribution in [3.8, 4) is 0 Å². The van der Waals surface area contributed by atoms with E-state index >= 15 is 0 Å². The summed E-state index contributed by atoms with van der Waals surface area (Å²) in [7, 11) is 3.80. The minimum Gasteiger partial charge on any atom is -0.465 e. The van der Waals surface area contributed by atoms with Gasteiger partial charge in [0.1, 0.15) is 5.60 Å². The highest BCUT2D eigenvalue weighted by atomic mass is 16.7. The lowest BCUT2D eigenvalue weighted by molar-refractivity contribution is -0.169. The number of aryl methyl sites for hydroxylation is 1. The highest BCUT2D eigenvalue weighted by molar-refractivity contribution is 5.84. The van der Waals surface area contributed by atoms with Gasteiger partial charge in [-0.2, -0.15) is 0 Å². The lowest BCUT2D eigenvalue weighted by Gasteiger charge is -2.41. The van der Waals surface area contributed by atoms with Gasteiger partial charge < -0.3 is 28.4 Å². The Balaban J connectivity index is 1.97. The molecule has 3 atom stereocenters. The van der Waals surface area contributed by atoms with Crippen LogP contribution in [0, 0.1) is 11.8 Å². The molecular weight excluding hydrogens is 460 g/mol. The van der Waals surface area contributed by atoms with Gasteiger partial charge in [0.05, 0.1) is 6.61 Å². The number of cyclic esters (lactones) is 1. The molecule has 2 aromatic rings. The van der Waals surface area contributed by atoms with Crippen molar-refractivity contribution in [3.63, 3.8) is 0 Å². The van der Waals surface area contributed by atoms with E-state index < -0.39 is 18.0 Å². The number of benzene rings is 1. The van der Waals surface area contributed by atoms with Crippen molar-refractivity contribution < 1.29 is 28.5 Å². The van der Waals surface area contributed by atoms with Crippen LogP contribution < -0.4 is 0 Å². The highest BCUT2D eigenvalue weighted by Crippen LogP contribution is 2.35. The van der Waals surface area contributed by atoms with Crippen molar-refractivity contribution in [2.45, 2.75) is 71.8 Å². The number of rotatable bonds is 10. The molecule has 2 heterocycles. The number of amides is 1. The van der Waals surface area contributed by atoms with Gasteiger partial charge in [-0.3, -0.25) is 4.79 Å². The van der Waals surface area contributed by atoms with Gasteiger partial charge in [0.2, 0.25) is 0 Å². The second kappa shape index (κ2) is 12.1. The number of para-hydroxylation sites is 1. The molecule has 0 spiro atoms. The van der Waals surface area contributed by atoms with Crippen LogP contribution in [-0.4, -0.2) is 66.3 Å². The second-order valence-corrected chi connectivity index (χ2v) is 10.5. The van der Waals surface area contributed by atoms with Crippen LogP contribution in [0.1, 0.15) is 53.0 Å². The van der Waals surface area contributed by atoms with Crippen LogP contribution in [0.15, 0.2) is 30.5 Å². The normalized spacial score (nSPS) is 19.4. The van der Waals surface area contributed by atoms with E-state index in [2.05, 4.69) is 22.9 Å². The summed E-state index contributed by atoms with van der Waals surface area (Å²) in [6, 6.07) is 7.99. The maximum atomic E-state index is 13.2. The molecule has 36 heavy (non-hydrogen) atoms. The van der Waals surface area contributed by atoms with Gasteiger partial charge in [-0.05, 0) is 58.6 Å². The van der Waals surface area contributed by atoms with Crippen LogP contribution >= 0.6 is 0 Å². The minimum absolute atomic E-state index is 0.0702. The quantitative estimate of drug-likeness (QED) is 0.339. The smallest absolute Gasteiger partial charge is 0.410 e. The lowest BCUT2D eigenvalue weighted by Crippen LogP contribution is -2.51. The predicted molar refractivity (Wildman–Crippen MR) is 139 cm³/mol. The zero-order valence-electron chi connectivity index (χ0n) is 22.8. The Hall–Kier alpha value is -2.58. The number of aromatic nitrogens is 1. The molecular formula is C28H42N2O6. The lowest BCUT2D eigenvalue weighted by atomic mass is 9.78. The molecule has 0 N–H and O–H groups in total. The van der Waals surface area contributed by atoms with Crippen LogP contribution in [0.4, 0.5) is 4.79 Å². The predicted octanol–water partition coefficient (Wildman–Crippen LogP) is 4.92. The molecule has 8 heteroatoms. The molecule has 1 amide bonds. The van der Waals surface area contributed by atoms with Crippen molar-refractivity contribution in [2.24, 2.45) is 18.9 Å². The van der Waals surface area contributed by atoms with E-state index in [1.54, 1.807) is 11.9 Å². The first-order valence-corrected chi connectivity index (χ1v) is 12.9. The standard InChI is InChI=1S/C28H42N2O6/c1-8-33-26(34-9-2)16-19-15-25(31)35-18-22(19)24(30(7)27(32)36-28(3,4)5)14-20-17-29(6)23-13-11-10-12-21(20)23/h10-13,17,19,22,24,26H,8-9,14-16,18H2,1-7H3/t19-,22-,24+/m1/s1. The Bertz CT molecular complexity index is 1020. The Morgan fingerprint density at radius 2 is 1.86 bits per heavy atom. The maximum Gasteiger partial charge on any atom is 0.410 e. The summed E-state index contributed by atoms with van der Waals surface area (Å²) in [5.41, 5.74) is 1.64. The summed E-state index contributed by atoms with van der Waals surface area (Å²) in [6.07, 6.45) is 2.72. The first kappa shape index (κ1) is 28.0. The Labute approximate surface area is 214 Å². The molecule has 1 aliphatic rings. The monoisotopic (exact) mass is 502 g/mol. The zero-order valence-corrected chi connectivity index (χ0v) is 22.8. The van der Waals surface area contributed by atoms with E-state index in [9.17, 15) is 9.59 Å². The SMILES string of the molecule is CCOC(C[C@H]1CC(=O)OC[C@H]1[C@H](Cc1cn(C)c2ccccc12)N(C)C(=O)OC(C)(C)C)OCC. The summed E-state index contributed by atoms with van der Waals surface area (Å²) >= 11 is 0. The van der Waals surface area contributed by atoms with Gasteiger partial charge in [-0.15, -0.1) is 0 Å². The first-order valence-electron chi connectivity index (χ1n) is 12.9. The number of carbonyl (C=O) groups is 2. The van der Waals surface area contributed by atoms with Crippen LogP contribution in [0.3, 0.4) is 0 Å².